The number of nitrogens with zero attached hydrogens (tertiary/aromatic N) is 1. The quantitative estimate of drug-likeness (QED) is 0.509. The minimum atomic E-state index is -0.674. The Morgan fingerprint density at radius 2 is 2.56 bits per heavy atom. The lowest BCUT2D eigenvalue weighted by molar-refractivity contribution is 0.255. The van der Waals surface area contributed by atoms with Crippen molar-refractivity contribution in [2.75, 3.05) is 6.61 Å². The molecule has 1 aliphatic rings. The Bertz CT molecular complexity index is 145. The van der Waals surface area contributed by atoms with Crippen molar-refractivity contribution < 1.29 is 9.53 Å². The molecule has 0 aromatic rings. The zero-order valence-electron chi connectivity index (χ0n) is 4.96. The molecule has 0 unspecified atom stereocenters. The molecule has 1 saturated heterocycles. The molecule has 1 aliphatic heterocycles. The second kappa shape index (κ2) is 2.48. The van der Waals surface area contributed by atoms with Crippen molar-refractivity contribution in [2.45, 2.75) is 12.8 Å². The number of urea groups is 1. The van der Waals surface area contributed by atoms with Gasteiger partial charge in [-0.1, -0.05) is 0 Å². The Hall–Kier alpha value is -1.06. The van der Waals surface area contributed by atoms with Crippen LogP contribution in [0, 0.1) is 0 Å². The average molecular weight is 128 g/mol. The minimum absolute atomic E-state index is 0.475. The molecule has 0 aliphatic carbocycles. The van der Waals surface area contributed by atoms with Crippen molar-refractivity contribution in [1.29, 1.82) is 0 Å². The SMILES string of the molecule is NC(=O)/N=C1/CCCO1. The van der Waals surface area contributed by atoms with Crippen LogP contribution in [0.3, 0.4) is 0 Å². The minimum Gasteiger partial charge on any atom is -0.481 e. The lowest BCUT2D eigenvalue weighted by Gasteiger charge is -1.91. The molecule has 0 aromatic heterocycles. The van der Waals surface area contributed by atoms with Crippen molar-refractivity contribution in [1.82, 2.24) is 0 Å². The maximum absolute atomic E-state index is 10.1. The molecule has 50 valence electrons. The summed E-state index contributed by atoms with van der Waals surface area (Å²) in [6.45, 7) is 0.659. The van der Waals surface area contributed by atoms with Crippen LogP contribution in [0.25, 0.3) is 0 Å². The fourth-order valence-electron chi connectivity index (χ4n) is 0.697. The number of nitrogens with two attached hydrogens (primary N) is 1. The van der Waals surface area contributed by atoms with Crippen LogP contribution in [-0.2, 0) is 4.74 Å². The van der Waals surface area contributed by atoms with Gasteiger partial charge in [-0.3, -0.25) is 0 Å². The zero-order chi connectivity index (χ0) is 6.69. The van der Waals surface area contributed by atoms with E-state index in [2.05, 4.69) is 4.99 Å². The summed E-state index contributed by atoms with van der Waals surface area (Å²) in [6.07, 6.45) is 1.68. The monoisotopic (exact) mass is 128 g/mol. The van der Waals surface area contributed by atoms with Gasteiger partial charge in [0.2, 0.25) is 0 Å². The van der Waals surface area contributed by atoms with Crippen LogP contribution in [0.4, 0.5) is 4.79 Å². The van der Waals surface area contributed by atoms with Crippen LogP contribution < -0.4 is 5.73 Å². The van der Waals surface area contributed by atoms with E-state index in [1.165, 1.54) is 0 Å². The Balaban J connectivity index is 2.49. The van der Waals surface area contributed by atoms with Gasteiger partial charge in [0.15, 0.2) is 5.90 Å². The number of carbonyl (C=O) groups is 1. The molecule has 0 radical (unpaired) electrons. The molecule has 0 atom stereocenters. The molecule has 9 heavy (non-hydrogen) atoms. The van der Waals surface area contributed by atoms with Crippen molar-refractivity contribution in [3.05, 3.63) is 0 Å². The Morgan fingerprint density at radius 1 is 1.78 bits per heavy atom. The van der Waals surface area contributed by atoms with Gasteiger partial charge in [-0.15, -0.1) is 0 Å². The van der Waals surface area contributed by atoms with Crippen LogP contribution in [-0.4, -0.2) is 18.5 Å². The fraction of sp³-hybridized carbons (Fsp3) is 0.600. The molecule has 1 fully saturated rings. The van der Waals surface area contributed by atoms with Crippen LogP contribution in [0.5, 0.6) is 0 Å². The Morgan fingerprint density at radius 3 is 3.00 bits per heavy atom. The first-order chi connectivity index (χ1) is 4.29. The van der Waals surface area contributed by atoms with Crippen LogP contribution >= 0.6 is 0 Å². The number of hydrogen-bond donors (Lipinski definition) is 1. The second-order valence-electron chi connectivity index (χ2n) is 1.80. The Kier molecular flexibility index (Phi) is 1.67. The summed E-state index contributed by atoms with van der Waals surface area (Å²) in [5.74, 6) is 0.475. The van der Waals surface area contributed by atoms with Crippen molar-refractivity contribution in [3.8, 4) is 0 Å². The molecule has 4 heteroatoms. The van der Waals surface area contributed by atoms with E-state index in [9.17, 15) is 4.79 Å². The van der Waals surface area contributed by atoms with Crippen molar-refractivity contribution in [2.24, 2.45) is 10.7 Å². The predicted molar refractivity (Wildman–Crippen MR) is 32.2 cm³/mol. The van der Waals surface area contributed by atoms with Crippen LogP contribution in [0.15, 0.2) is 4.99 Å². The first kappa shape index (κ1) is 6.07. The normalized spacial score (nSPS) is 22.0. The van der Waals surface area contributed by atoms with Crippen LogP contribution in [0.2, 0.25) is 0 Å². The molecule has 4 nitrogen and oxygen atoms in total. The molecule has 2 amide bonds. The largest absolute Gasteiger partial charge is 0.481 e. The summed E-state index contributed by atoms with van der Waals surface area (Å²) in [6, 6.07) is -0.674. The first-order valence-corrected chi connectivity index (χ1v) is 2.79. The highest BCUT2D eigenvalue weighted by atomic mass is 16.5. The van der Waals surface area contributed by atoms with Crippen molar-refractivity contribution in [3.63, 3.8) is 0 Å². The summed E-state index contributed by atoms with van der Waals surface area (Å²) in [5.41, 5.74) is 4.77. The summed E-state index contributed by atoms with van der Waals surface area (Å²) in [4.78, 5) is 13.5. The van der Waals surface area contributed by atoms with Crippen molar-refractivity contribution >= 4 is 11.9 Å². The van der Waals surface area contributed by atoms with Crippen LogP contribution in [0.1, 0.15) is 12.8 Å². The van der Waals surface area contributed by atoms with E-state index in [0.29, 0.717) is 12.5 Å². The molecule has 1 rings (SSSR count). The average Bonchev–Trinajstić information content (AvgIpc) is 2.15. The lowest BCUT2D eigenvalue weighted by Crippen LogP contribution is -2.08. The summed E-state index contributed by atoms with van der Waals surface area (Å²) in [5, 5.41) is 0. The second-order valence-corrected chi connectivity index (χ2v) is 1.80. The van der Waals surface area contributed by atoms with Gasteiger partial charge >= 0.3 is 6.03 Å². The van der Waals surface area contributed by atoms with Gasteiger partial charge in [0.05, 0.1) is 6.61 Å². The van der Waals surface area contributed by atoms with E-state index in [-0.39, 0.29) is 0 Å². The van der Waals surface area contributed by atoms with E-state index in [0.717, 1.165) is 12.8 Å². The lowest BCUT2D eigenvalue weighted by atomic mass is 10.4. The third kappa shape index (κ3) is 1.71. The highest BCUT2D eigenvalue weighted by Gasteiger charge is 2.09. The number of aliphatic imine (C=N–C) groups is 1. The number of ether oxygens (including phenoxy) is 1. The van der Waals surface area contributed by atoms with Gasteiger partial charge in [-0.2, -0.15) is 4.99 Å². The zero-order valence-corrected chi connectivity index (χ0v) is 4.96. The van der Waals surface area contributed by atoms with Gasteiger partial charge in [-0.05, 0) is 6.42 Å². The summed E-state index contributed by atoms with van der Waals surface area (Å²) >= 11 is 0. The molecular formula is C5H8N2O2. The first-order valence-electron chi connectivity index (χ1n) is 2.79. The van der Waals surface area contributed by atoms with Gasteiger partial charge in [0.25, 0.3) is 0 Å². The number of carbonyl (C=O) groups excluding carboxylic acids is 1. The number of amides is 2. The van der Waals surface area contributed by atoms with Gasteiger partial charge in [0, 0.05) is 6.42 Å². The number of hydrogen-bond acceptors (Lipinski definition) is 2. The predicted octanol–water partition coefficient (Wildman–Crippen LogP) is 0.274. The molecule has 1 heterocycles. The van der Waals surface area contributed by atoms with E-state index in [1.54, 1.807) is 0 Å². The van der Waals surface area contributed by atoms with E-state index >= 15 is 0 Å². The fourth-order valence-corrected chi connectivity index (χ4v) is 0.697. The number of rotatable bonds is 0. The smallest absolute Gasteiger partial charge is 0.341 e. The summed E-state index contributed by atoms with van der Waals surface area (Å²) in [7, 11) is 0. The van der Waals surface area contributed by atoms with E-state index < -0.39 is 6.03 Å². The van der Waals surface area contributed by atoms with Gasteiger partial charge in [0.1, 0.15) is 0 Å². The maximum atomic E-state index is 10.1. The molecule has 0 saturated carbocycles. The van der Waals surface area contributed by atoms with E-state index in [1.807, 2.05) is 0 Å². The number of primary amides is 1. The van der Waals surface area contributed by atoms with Gasteiger partial charge in [-0.25, -0.2) is 4.79 Å². The Labute approximate surface area is 52.7 Å². The highest BCUT2D eigenvalue weighted by molar-refractivity contribution is 5.90. The third-order valence-corrected chi connectivity index (χ3v) is 1.04. The molecule has 0 aromatic carbocycles. The molecule has 2 N–H and O–H groups in total. The highest BCUT2D eigenvalue weighted by Crippen LogP contribution is 2.04. The topological polar surface area (TPSA) is 64.7 Å². The molecule has 0 spiro atoms. The summed E-state index contributed by atoms with van der Waals surface area (Å²) < 4.78 is 4.91. The maximum Gasteiger partial charge on any atom is 0.341 e. The van der Waals surface area contributed by atoms with Gasteiger partial charge < -0.3 is 10.5 Å². The molecule has 0 bridgehead atoms. The molecular weight excluding hydrogens is 120 g/mol. The van der Waals surface area contributed by atoms with E-state index in [4.69, 9.17) is 10.5 Å². The third-order valence-electron chi connectivity index (χ3n) is 1.04. The standard InChI is InChI=1S/C5H8N2O2/c6-5(8)7-4-2-1-3-9-4/h1-3H2,(H2,6,8)/b7-4-.